The van der Waals surface area contributed by atoms with Crippen molar-refractivity contribution >= 4 is 0 Å². The molecule has 12 heavy (non-hydrogen) atoms. The lowest BCUT2D eigenvalue weighted by Gasteiger charge is -2.49. The van der Waals surface area contributed by atoms with Crippen LogP contribution < -0.4 is 5.32 Å². The standard InChI is InChI=1S/C8H15F2NO/c1-8(2)5(3-6(8)12)11-4-7(9)10/h5-7,11-12H,3-4H2,1-2H3. The summed E-state index contributed by atoms with van der Waals surface area (Å²) in [5.74, 6) is 0. The van der Waals surface area contributed by atoms with Crippen molar-refractivity contribution in [1.82, 2.24) is 5.32 Å². The van der Waals surface area contributed by atoms with Gasteiger partial charge < -0.3 is 10.4 Å². The average Bonchev–Trinajstić information content (AvgIpc) is 1.97. The van der Waals surface area contributed by atoms with E-state index in [1.165, 1.54) is 0 Å². The molecule has 0 heterocycles. The fourth-order valence-electron chi connectivity index (χ4n) is 1.48. The zero-order valence-electron chi connectivity index (χ0n) is 7.35. The molecule has 0 aromatic rings. The minimum Gasteiger partial charge on any atom is -0.392 e. The first-order chi connectivity index (χ1) is 5.44. The number of halogens is 2. The van der Waals surface area contributed by atoms with Gasteiger partial charge in [0.1, 0.15) is 0 Å². The largest absolute Gasteiger partial charge is 0.392 e. The number of alkyl halides is 2. The number of aliphatic hydroxyl groups excluding tert-OH is 1. The number of aliphatic hydroxyl groups is 1. The lowest BCUT2D eigenvalue weighted by molar-refractivity contribution is -0.0757. The van der Waals surface area contributed by atoms with Crippen LogP contribution >= 0.6 is 0 Å². The van der Waals surface area contributed by atoms with E-state index in [2.05, 4.69) is 5.32 Å². The van der Waals surface area contributed by atoms with E-state index >= 15 is 0 Å². The number of hydrogen-bond acceptors (Lipinski definition) is 2. The summed E-state index contributed by atoms with van der Waals surface area (Å²) in [5.41, 5.74) is -0.255. The van der Waals surface area contributed by atoms with Crippen LogP contribution in [0.15, 0.2) is 0 Å². The molecule has 0 bridgehead atoms. The second-order valence-corrected chi connectivity index (χ2v) is 3.92. The van der Waals surface area contributed by atoms with Gasteiger partial charge in [0.15, 0.2) is 0 Å². The van der Waals surface area contributed by atoms with Gasteiger partial charge in [0.25, 0.3) is 6.43 Å². The highest BCUT2D eigenvalue weighted by atomic mass is 19.3. The summed E-state index contributed by atoms with van der Waals surface area (Å²) in [7, 11) is 0. The van der Waals surface area contributed by atoms with Crippen LogP contribution in [0.2, 0.25) is 0 Å². The highest BCUT2D eigenvalue weighted by Gasteiger charge is 2.46. The quantitative estimate of drug-likeness (QED) is 0.677. The van der Waals surface area contributed by atoms with Crippen LogP contribution in [0.25, 0.3) is 0 Å². The topological polar surface area (TPSA) is 32.3 Å². The van der Waals surface area contributed by atoms with Gasteiger partial charge >= 0.3 is 0 Å². The first-order valence-electron chi connectivity index (χ1n) is 4.14. The van der Waals surface area contributed by atoms with Gasteiger partial charge in [-0.1, -0.05) is 13.8 Å². The summed E-state index contributed by atoms with van der Waals surface area (Å²) in [5, 5.41) is 12.0. The van der Waals surface area contributed by atoms with Gasteiger partial charge in [-0.15, -0.1) is 0 Å². The van der Waals surface area contributed by atoms with E-state index in [4.69, 9.17) is 0 Å². The molecular formula is C8H15F2NO. The van der Waals surface area contributed by atoms with E-state index in [0.29, 0.717) is 6.42 Å². The maximum Gasteiger partial charge on any atom is 0.250 e. The molecule has 1 fully saturated rings. The lowest BCUT2D eigenvalue weighted by atomic mass is 9.64. The van der Waals surface area contributed by atoms with E-state index in [1.807, 2.05) is 13.8 Å². The van der Waals surface area contributed by atoms with Crippen molar-refractivity contribution in [3.8, 4) is 0 Å². The third-order valence-corrected chi connectivity index (χ3v) is 2.73. The van der Waals surface area contributed by atoms with Crippen LogP contribution in [0.4, 0.5) is 8.78 Å². The normalized spacial score (nSPS) is 33.5. The molecule has 72 valence electrons. The summed E-state index contributed by atoms with van der Waals surface area (Å²) in [4.78, 5) is 0. The molecule has 0 radical (unpaired) electrons. The Labute approximate surface area is 71.0 Å². The van der Waals surface area contributed by atoms with Crippen LogP contribution in [0.3, 0.4) is 0 Å². The Balaban J connectivity index is 2.28. The second kappa shape index (κ2) is 3.26. The molecule has 1 rings (SSSR count). The molecule has 2 unspecified atom stereocenters. The molecule has 1 aliphatic rings. The molecule has 4 heteroatoms. The smallest absolute Gasteiger partial charge is 0.250 e. The minimum atomic E-state index is -2.31. The molecule has 0 amide bonds. The van der Waals surface area contributed by atoms with Crippen molar-refractivity contribution in [3.63, 3.8) is 0 Å². The Morgan fingerprint density at radius 3 is 2.50 bits per heavy atom. The highest BCUT2D eigenvalue weighted by molar-refractivity contribution is 5.01. The van der Waals surface area contributed by atoms with Gasteiger partial charge in [0.2, 0.25) is 0 Å². The Morgan fingerprint density at radius 1 is 1.58 bits per heavy atom. The number of nitrogens with one attached hydrogen (secondary N) is 1. The van der Waals surface area contributed by atoms with Crippen LogP contribution in [-0.4, -0.2) is 30.2 Å². The molecule has 2 N–H and O–H groups in total. The van der Waals surface area contributed by atoms with Crippen molar-refractivity contribution in [2.24, 2.45) is 5.41 Å². The van der Waals surface area contributed by atoms with Crippen LogP contribution in [0.5, 0.6) is 0 Å². The van der Waals surface area contributed by atoms with E-state index in [0.717, 1.165) is 0 Å². The van der Waals surface area contributed by atoms with E-state index in [-0.39, 0.29) is 24.1 Å². The summed E-state index contributed by atoms with van der Waals surface area (Å²) in [6.07, 6.45) is -2.08. The minimum absolute atomic E-state index is 0.0292. The Kier molecular flexibility index (Phi) is 2.68. The first kappa shape index (κ1) is 9.86. The van der Waals surface area contributed by atoms with Gasteiger partial charge in [-0.2, -0.15) is 0 Å². The molecule has 2 nitrogen and oxygen atoms in total. The second-order valence-electron chi connectivity index (χ2n) is 3.92. The maximum absolute atomic E-state index is 11.8. The summed E-state index contributed by atoms with van der Waals surface area (Å²) < 4.78 is 23.6. The highest BCUT2D eigenvalue weighted by Crippen LogP contribution is 2.40. The fourth-order valence-corrected chi connectivity index (χ4v) is 1.48. The van der Waals surface area contributed by atoms with Crippen LogP contribution in [0, 0.1) is 5.41 Å². The van der Waals surface area contributed by atoms with Crippen molar-refractivity contribution < 1.29 is 13.9 Å². The number of rotatable bonds is 3. The van der Waals surface area contributed by atoms with Gasteiger partial charge in [-0.05, 0) is 6.42 Å². The molecule has 1 aliphatic carbocycles. The first-order valence-corrected chi connectivity index (χ1v) is 4.14. The van der Waals surface area contributed by atoms with E-state index in [9.17, 15) is 13.9 Å². The average molecular weight is 179 g/mol. The Hall–Kier alpha value is -0.220. The molecule has 0 saturated heterocycles. The third kappa shape index (κ3) is 1.75. The van der Waals surface area contributed by atoms with Crippen molar-refractivity contribution in [2.45, 2.75) is 38.8 Å². The fraction of sp³-hybridized carbons (Fsp3) is 1.00. The lowest BCUT2D eigenvalue weighted by Crippen LogP contribution is -2.60. The molecule has 2 atom stereocenters. The molecule has 0 spiro atoms. The van der Waals surface area contributed by atoms with Crippen LogP contribution in [-0.2, 0) is 0 Å². The van der Waals surface area contributed by atoms with E-state index in [1.54, 1.807) is 0 Å². The summed E-state index contributed by atoms with van der Waals surface area (Å²) in [6, 6.07) is 0.0292. The van der Waals surface area contributed by atoms with Crippen molar-refractivity contribution in [2.75, 3.05) is 6.54 Å². The van der Waals surface area contributed by atoms with Gasteiger partial charge in [0.05, 0.1) is 12.6 Å². The summed E-state index contributed by atoms with van der Waals surface area (Å²) >= 11 is 0. The Bertz CT molecular complexity index is 161. The zero-order valence-corrected chi connectivity index (χ0v) is 7.35. The predicted molar refractivity (Wildman–Crippen MR) is 42.2 cm³/mol. The van der Waals surface area contributed by atoms with Crippen molar-refractivity contribution in [3.05, 3.63) is 0 Å². The third-order valence-electron chi connectivity index (χ3n) is 2.73. The van der Waals surface area contributed by atoms with Gasteiger partial charge in [0, 0.05) is 11.5 Å². The summed E-state index contributed by atoms with van der Waals surface area (Å²) in [6.45, 7) is 3.48. The molecular weight excluding hydrogens is 164 g/mol. The van der Waals surface area contributed by atoms with Gasteiger partial charge in [-0.25, -0.2) is 8.78 Å². The molecule has 0 aromatic heterocycles. The zero-order chi connectivity index (χ0) is 9.35. The Morgan fingerprint density at radius 2 is 2.17 bits per heavy atom. The monoisotopic (exact) mass is 179 g/mol. The SMILES string of the molecule is CC1(C)C(O)CC1NCC(F)F. The van der Waals surface area contributed by atoms with Gasteiger partial charge in [-0.3, -0.25) is 0 Å². The van der Waals surface area contributed by atoms with Crippen LogP contribution in [0.1, 0.15) is 20.3 Å². The molecule has 1 saturated carbocycles. The van der Waals surface area contributed by atoms with Crippen molar-refractivity contribution in [1.29, 1.82) is 0 Å². The van der Waals surface area contributed by atoms with E-state index < -0.39 is 6.43 Å². The predicted octanol–water partition coefficient (Wildman–Crippen LogP) is 1.00. The number of hydrogen-bond donors (Lipinski definition) is 2. The maximum atomic E-state index is 11.8. The molecule has 0 aliphatic heterocycles. The molecule has 0 aromatic carbocycles.